The standard InChI is InChI=1S/C23H21FN2O3/c1-16-5-6-18(13-22(16)28-2)14-26-23(27)10-8-17-7-9-21(20(24)12-17)29-19-4-3-11-25-15-19/h3-13,15H,14H2,1-2H3,(H,26,27)/b10-8+. The third-order valence-electron chi connectivity index (χ3n) is 4.18. The maximum atomic E-state index is 14.2. The maximum Gasteiger partial charge on any atom is 0.244 e. The van der Waals surface area contributed by atoms with Crippen molar-refractivity contribution in [2.45, 2.75) is 13.5 Å². The summed E-state index contributed by atoms with van der Waals surface area (Å²) in [7, 11) is 1.61. The molecule has 0 saturated carbocycles. The first-order valence-corrected chi connectivity index (χ1v) is 9.02. The first-order valence-electron chi connectivity index (χ1n) is 9.02. The Bertz CT molecular complexity index is 1020. The van der Waals surface area contributed by atoms with E-state index in [-0.39, 0.29) is 11.7 Å². The minimum atomic E-state index is -0.525. The quantitative estimate of drug-likeness (QED) is 0.594. The molecule has 3 aromatic rings. The van der Waals surface area contributed by atoms with Gasteiger partial charge in [0.1, 0.15) is 11.5 Å². The van der Waals surface area contributed by atoms with Crippen molar-refractivity contribution in [1.82, 2.24) is 10.3 Å². The van der Waals surface area contributed by atoms with E-state index in [4.69, 9.17) is 9.47 Å². The van der Waals surface area contributed by atoms with Crippen molar-refractivity contribution >= 4 is 12.0 Å². The number of hydrogen-bond acceptors (Lipinski definition) is 4. The molecule has 0 aliphatic carbocycles. The Kier molecular flexibility index (Phi) is 6.58. The number of amides is 1. The Morgan fingerprint density at radius 2 is 2.03 bits per heavy atom. The van der Waals surface area contributed by atoms with Gasteiger partial charge < -0.3 is 14.8 Å². The summed E-state index contributed by atoms with van der Waals surface area (Å²) in [6.45, 7) is 2.32. The van der Waals surface area contributed by atoms with E-state index in [1.54, 1.807) is 37.6 Å². The van der Waals surface area contributed by atoms with Crippen LogP contribution in [0.5, 0.6) is 17.2 Å². The molecule has 0 unspecified atom stereocenters. The molecule has 2 aromatic carbocycles. The molecule has 1 heterocycles. The zero-order valence-corrected chi connectivity index (χ0v) is 16.2. The summed E-state index contributed by atoms with van der Waals surface area (Å²) in [6, 6.07) is 13.6. The van der Waals surface area contributed by atoms with Crippen LogP contribution in [0.3, 0.4) is 0 Å². The van der Waals surface area contributed by atoms with E-state index >= 15 is 0 Å². The van der Waals surface area contributed by atoms with E-state index < -0.39 is 5.82 Å². The fourth-order valence-electron chi connectivity index (χ4n) is 2.63. The van der Waals surface area contributed by atoms with Crippen LogP contribution in [0.1, 0.15) is 16.7 Å². The highest BCUT2D eigenvalue weighted by atomic mass is 19.1. The fourth-order valence-corrected chi connectivity index (χ4v) is 2.63. The smallest absolute Gasteiger partial charge is 0.244 e. The van der Waals surface area contributed by atoms with E-state index in [1.165, 1.54) is 24.4 Å². The number of benzene rings is 2. The molecule has 0 bridgehead atoms. The largest absolute Gasteiger partial charge is 0.496 e. The summed E-state index contributed by atoms with van der Waals surface area (Å²) in [6.07, 6.45) is 6.02. The van der Waals surface area contributed by atoms with Crippen LogP contribution >= 0.6 is 0 Å². The number of carbonyl (C=O) groups excluding carboxylic acids is 1. The Morgan fingerprint density at radius 1 is 1.17 bits per heavy atom. The zero-order valence-electron chi connectivity index (χ0n) is 16.2. The van der Waals surface area contributed by atoms with E-state index in [0.29, 0.717) is 17.9 Å². The van der Waals surface area contributed by atoms with Gasteiger partial charge in [0.2, 0.25) is 5.91 Å². The van der Waals surface area contributed by atoms with Crippen LogP contribution < -0.4 is 14.8 Å². The molecule has 0 fully saturated rings. The van der Waals surface area contributed by atoms with Crippen LogP contribution in [0.4, 0.5) is 4.39 Å². The molecule has 3 rings (SSSR count). The molecule has 0 aliphatic rings. The fraction of sp³-hybridized carbons (Fsp3) is 0.130. The lowest BCUT2D eigenvalue weighted by Crippen LogP contribution is -2.20. The van der Waals surface area contributed by atoms with Crippen molar-refractivity contribution in [1.29, 1.82) is 0 Å². The number of halogens is 1. The lowest BCUT2D eigenvalue weighted by Gasteiger charge is -2.08. The number of aromatic nitrogens is 1. The number of hydrogen-bond donors (Lipinski definition) is 1. The molecular weight excluding hydrogens is 371 g/mol. The van der Waals surface area contributed by atoms with Gasteiger partial charge in [0.15, 0.2) is 11.6 Å². The zero-order chi connectivity index (χ0) is 20.6. The van der Waals surface area contributed by atoms with Crippen LogP contribution in [0.25, 0.3) is 6.08 Å². The number of pyridine rings is 1. The lowest BCUT2D eigenvalue weighted by atomic mass is 10.1. The highest BCUT2D eigenvalue weighted by Gasteiger charge is 2.06. The molecule has 6 heteroatoms. The second kappa shape index (κ2) is 9.50. The lowest BCUT2D eigenvalue weighted by molar-refractivity contribution is -0.116. The molecule has 0 atom stereocenters. The molecule has 0 spiro atoms. The van der Waals surface area contributed by atoms with Gasteiger partial charge in [-0.2, -0.15) is 0 Å². The predicted octanol–water partition coefficient (Wildman–Crippen LogP) is 4.66. The topological polar surface area (TPSA) is 60.5 Å². The van der Waals surface area contributed by atoms with E-state index in [1.807, 2.05) is 25.1 Å². The number of carbonyl (C=O) groups is 1. The van der Waals surface area contributed by atoms with Crippen LogP contribution in [-0.2, 0) is 11.3 Å². The molecule has 1 aromatic heterocycles. The number of ether oxygens (including phenoxy) is 2. The summed E-state index contributed by atoms with van der Waals surface area (Å²) in [5.74, 6) is 0.509. The molecule has 29 heavy (non-hydrogen) atoms. The third-order valence-corrected chi connectivity index (χ3v) is 4.18. The van der Waals surface area contributed by atoms with Crippen LogP contribution in [-0.4, -0.2) is 18.0 Å². The van der Waals surface area contributed by atoms with E-state index in [0.717, 1.165) is 16.9 Å². The van der Waals surface area contributed by atoms with Gasteiger partial charge in [-0.3, -0.25) is 9.78 Å². The summed E-state index contributed by atoms with van der Waals surface area (Å²) in [4.78, 5) is 16.0. The Balaban J connectivity index is 1.58. The van der Waals surface area contributed by atoms with Gasteiger partial charge in [-0.1, -0.05) is 18.2 Å². The monoisotopic (exact) mass is 392 g/mol. The SMILES string of the molecule is COc1cc(CNC(=O)/C=C/c2ccc(Oc3cccnc3)c(F)c2)ccc1C. The Labute approximate surface area is 168 Å². The summed E-state index contributed by atoms with van der Waals surface area (Å²) in [5.41, 5.74) is 2.51. The van der Waals surface area contributed by atoms with Gasteiger partial charge in [0.25, 0.3) is 0 Å². The predicted molar refractivity (Wildman–Crippen MR) is 109 cm³/mol. The van der Waals surface area contributed by atoms with E-state index in [9.17, 15) is 9.18 Å². The summed E-state index contributed by atoms with van der Waals surface area (Å²) < 4.78 is 25.0. The summed E-state index contributed by atoms with van der Waals surface area (Å²) in [5, 5.41) is 2.79. The average molecular weight is 392 g/mol. The van der Waals surface area contributed by atoms with Crippen molar-refractivity contribution in [2.75, 3.05) is 7.11 Å². The highest BCUT2D eigenvalue weighted by molar-refractivity contribution is 5.91. The number of nitrogens with one attached hydrogen (secondary N) is 1. The van der Waals surface area contributed by atoms with Crippen LogP contribution in [0, 0.1) is 12.7 Å². The Hall–Kier alpha value is -3.67. The minimum Gasteiger partial charge on any atom is -0.496 e. The second-order valence-electron chi connectivity index (χ2n) is 6.34. The van der Waals surface area contributed by atoms with Crippen molar-refractivity contribution in [2.24, 2.45) is 0 Å². The molecular formula is C23H21FN2O3. The molecule has 0 saturated heterocycles. The van der Waals surface area contributed by atoms with Gasteiger partial charge in [-0.25, -0.2) is 4.39 Å². The summed E-state index contributed by atoms with van der Waals surface area (Å²) >= 11 is 0. The first kappa shape index (κ1) is 20.1. The van der Waals surface area contributed by atoms with Gasteiger partial charge in [0.05, 0.1) is 13.3 Å². The van der Waals surface area contributed by atoms with Crippen LogP contribution in [0.15, 0.2) is 67.0 Å². The number of methoxy groups -OCH3 is 1. The Morgan fingerprint density at radius 3 is 2.76 bits per heavy atom. The number of rotatable bonds is 7. The number of aryl methyl sites for hydroxylation is 1. The average Bonchev–Trinajstić information content (AvgIpc) is 2.74. The van der Waals surface area contributed by atoms with Crippen molar-refractivity contribution in [3.63, 3.8) is 0 Å². The molecule has 1 N–H and O–H groups in total. The third kappa shape index (κ3) is 5.65. The van der Waals surface area contributed by atoms with Gasteiger partial charge in [-0.05, 0) is 60.0 Å². The van der Waals surface area contributed by atoms with Crippen molar-refractivity contribution < 1.29 is 18.7 Å². The maximum absolute atomic E-state index is 14.2. The van der Waals surface area contributed by atoms with Gasteiger partial charge >= 0.3 is 0 Å². The van der Waals surface area contributed by atoms with Gasteiger partial charge in [-0.15, -0.1) is 0 Å². The van der Waals surface area contributed by atoms with E-state index in [2.05, 4.69) is 10.3 Å². The minimum absolute atomic E-state index is 0.0907. The molecule has 0 aliphatic heterocycles. The second-order valence-corrected chi connectivity index (χ2v) is 6.34. The van der Waals surface area contributed by atoms with Crippen molar-refractivity contribution in [3.8, 4) is 17.2 Å². The van der Waals surface area contributed by atoms with Gasteiger partial charge in [0, 0.05) is 18.8 Å². The van der Waals surface area contributed by atoms with Crippen molar-refractivity contribution in [3.05, 3.63) is 89.5 Å². The van der Waals surface area contributed by atoms with Crippen LogP contribution in [0.2, 0.25) is 0 Å². The normalized spacial score (nSPS) is 10.7. The molecule has 5 nitrogen and oxygen atoms in total. The highest BCUT2D eigenvalue weighted by Crippen LogP contribution is 2.25. The molecule has 148 valence electrons. The first-order chi connectivity index (χ1) is 14.0. The molecule has 1 amide bonds. The number of nitrogens with zero attached hydrogens (tertiary/aromatic N) is 1. The molecule has 0 radical (unpaired) electrons.